The molecule has 0 spiro atoms. The Bertz CT molecular complexity index is 599. The minimum atomic E-state index is -1.26. The smallest absolute Gasteiger partial charge is 0.0761 e. The Kier molecular flexibility index (Phi) is 6.24. The van der Waals surface area contributed by atoms with Crippen LogP contribution in [0.15, 0.2) is 53.4 Å². The molecule has 0 aliphatic carbocycles. The van der Waals surface area contributed by atoms with Gasteiger partial charge in [0, 0.05) is 11.8 Å². The normalized spacial score (nSPS) is 13.9. The van der Waals surface area contributed by atoms with Crippen LogP contribution in [0.5, 0.6) is 0 Å². The quantitative estimate of drug-likeness (QED) is 0.840. The van der Waals surface area contributed by atoms with Gasteiger partial charge in [-0.1, -0.05) is 66.5 Å². The van der Waals surface area contributed by atoms with Crippen LogP contribution >= 0.6 is 23.2 Å². The zero-order valence-electron chi connectivity index (χ0n) is 11.7. The second-order valence-electron chi connectivity index (χ2n) is 4.58. The summed E-state index contributed by atoms with van der Waals surface area (Å²) < 4.78 is 12.6. The summed E-state index contributed by atoms with van der Waals surface area (Å²) in [6, 6.07) is 15.2. The monoisotopic (exact) mass is 341 g/mol. The molecular weight excluding hydrogens is 325 g/mol. The molecule has 2 nitrogen and oxygen atoms in total. The summed E-state index contributed by atoms with van der Waals surface area (Å²) in [7, 11) is -1.26. The van der Waals surface area contributed by atoms with E-state index in [1.807, 2.05) is 37.3 Å². The van der Waals surface area contributed by atoms with Gasteiger partial charge < -0.3 is 5.32 Å². The Hall–Kier alpha value is -0.870. The van der Waals surface area contributed by atoms with Gasteiger partial charge in [0.2, 0.25) is 0 Å². The summed E-state index contributed by atoms with van der Waals surface area (Å²) in [4.78, 5) is 0.514. The van der Waals surface area contributed by atoms with E-state index in [0.29, 0.717) is 20.7 Å². The molecule has 0 aliphatic heterocycles. The summed E-state index contributed by atoms with van der Waals surface area (Å²) in [5, 5.41) is 4.26. The number of halogens is 2. The molecule has 5 heteroatoms. The summed E-state index contributed by atoms with van der Waals surface area (Å²) in [5.74, 6) is 0.432. The first-order valence-corrected chi connectivity index (χ1v) is 8.81. The van der Waals surface area contributed by atoms with Crippen molar-refractivity contribution >= 4 is 34.0 Å². The van der Waals surface area contributed by atoms with Gasteiger partial charge in [-0.15, -0.1) is 0 Å². The highest BCUT2D eigenvalue weighted by Gasteiger charge is 2.19. The minimum absolute atomic E-state index is 0.00405. The molecular formula is C16H17Cl2NOS. The van der Waals surface area contributed by atoms with E-state index in [-0.39, 0.29) is 6.04 Å². The zero-order chi connectivity index (χ0) is 15.2. The van der Waals surface area contributed by atoms with Crippen molar-refractivity contribution in [2.24, 2.45) is 0 Å². The van der Waals surface area contributed by atoms with Gasteiger partial charge in [0.25, 0.3) is 0 Å². The van der Waals surface area contributed by atoms with Gasteiger partial charge in [-0.2, -0.15) is 0 Å². The predicted molar refractivity (Wildman–Crippen MR) is 90.6 cm³/mol. The lowest BCUT2D eigenvalue weighted by Crippen LogP contribution is -2.26. The van der Waals surface area contributed by atoms with Crippen molar-refractivity contribution in [1.29, 1.82) is 0 Å². The molecule has 0 aromatic heterocycles. The van der Waals surface area contributed by atoms with E-state index in [1.54, 1.807) is 18.2 Å². The highest BCUT2D eigenvalue weighted by molar-refractivity contribution is 7.85. The molecule has 0 aliphatic rings. The van der Waals surface area contributed by atoms with Gasteiger partial charge in [0.1, 0.15) is 0 Å². The SMILES string of the molecule is CCNC(CS(=O)c1c(Cl)cccc1Cl)c1ccccc1. The zero-order valence-corrected chi connectivity index (χ0v) is 14.0. The highest BCUT2D eigenvalue weighted by atomic mass is 35.5. The first-order chi connectivity index (χ1) is 10.1. The van der Waals surface area contributed by atoms with Gasteiger partial charge in [-0.25, -0.2) is 0 Å². The van der Waals surface area contributed by atoms with Crippen LogP contribution in [0.4, 0.5) is 0 Å². The Balaban J connectivity index is 2.23. The van der Waals surface area contributed by atoms with E-state index in [4.69, 9.17) is 23.2 Å². The molecule has 0 fully saturated rings. The van der Waals surface area contributed by atoms with Crippen LogP contribution in [0, 0.1) is 0 Å². The molecule has 2 rings (SSSR count). The van der Waals surface area contributed by atoms with E-state index in [2.05, 4.69) is 5.32 Å². The summed E-state index contributed by atoms with van der Waals surface area (Å²) in [6.07, 6.45) is 0. The molecule has 0 amide bonds. The van der Waals surface area contributed by atoms with Crippen LogP contribution in [0.2, 0.25) is 10.0 Å². The van der Waals surface area contributed by atoms with Crippen LogP contribution in [-0.4, -0.2) is 16.5 Å². The van der Waals surface area contributed by atoms with Gasteiger partial charge in [-0.3, -0.25) is 4.21 Å². The lowest BCUT2D eigenvalue weighted by molar-refractivity contribution is 0.594. The van der Waals surface area contributed by atoms with Crippen molar-refractivity contribution in [2.75, 3.05) is 12.3 Å². The molecule has 0 saturated carbocycles. The fourth-order valence-electron chi connectivity index (χ4n) is 2.14. The van der Waals surface area contributed by atoms with E-state index in [1.165, 1.54) is 0 Å². The maximum Gasteiger partial charge on any atom is 0.0761 e. The van der Waals surface area contributed by atoms with Crippen molar-refractivity contribution in [1.82, 2.24) is 5.32 Å². The van der Waals surface area contributed by atoms with Crippen LogP contribution in [-0.2, 0) is 10.8 Å². The Labute approximate surface area is 137 Å². The van der Waals surface area contributed by atoms with Gasteiger partial charge in [0.05, 0.1) is 25.7 Å². The van der Waals surface area contributed by atoms with Crippen molar-refractivity contribution in [3.05, 3.63) is 64.1 Å². The molecule has 1 N–H and O–H groups in total. The fourth-order valence-corrected chi connectivity index (χ4v) is 4.40. The van der Waals surface area contributed by atoms with Gasteiger partial charge in [0.15, 0.2) is 0 Å². The maximum atomic E-state index is 12.6. The lowest BCUT2D eigenvalue weighted by Gasteiger charge is -2.18. The molecule has 2 aromatic carbocycles. The Morgan fingerprint density at radius 3 is 2.24 bits per heavy atom. The van der Waals surface area contributed by atoms with E-state index < -0.39 is 10.8 Å². The van der Waals surface area contributed by atoms with Crippen molar-refractivity contribution in [3.8, 4) is 0 Å². The first-order valence-electron chi connectivity index (χ1n) is 6.74. The average molecular weight is 342 g/mol. The second kappa shape index (κ2) is 7.95. The van der Waals surface area contributed by atoms with E-state index in [0.717, 1.165) is 12.1 Å². The molecule has 0 radical (unpaired) electrons. The third kappa shape index (κ3) is 4.30. The first kappa shape index (κ1) is 16.5. The highest BCUT2D eigenvalue weighted by Crippen LogP contribution is 2.29. The molecule has 112 valence electrons. The van der Waals surface area contributed by atoms with Crippen molar-refractivity contribution < 1.29 is 4.21 Å². The minimum Gasteiger partial charge on any atom is -0.309 e. The predicted octanol–water partition coefficient (Wildman–Crippen LogP) is 4.45. The van der Waals surface area contributed by atoms with Crippen LogP contribution < -0.4 is 5.32 Å². The van der Waals surface area contributed by atoms with E-state index >= 15 is 0 Å². The fraction of sp³-hybridized carbons (Fsp3) is 0.250. The molecule has 2 aromatic rings. The number of hydrogen-bond donors (Lipinski definition) is 1. The molecule has 0 saturated heterocycles. The number of nitrogens with one attached hydrogen (secondary N) is 1. The lowest BCUT2D eigenvalue weighted by atomic mass is 10.1. The van der Waals surface area contributed by atoms with E-state index in [9.17, 15) is 4.21 Å². The standard InChI is InChI=1S/C16H17Cl2NOS/c1-2-19-15(12-7-4-3-5-8-12)11-21(20)16-13(17)9-6-10-14(16)18/h3-10,15,19H,2,11H2,1H3. The summed E-state index contributed by atoms with van der Waals surface area (Å²) in [6.45, 7) is 2.83. The molecule has 2 atom stereocenters. The molecule has 2 unspecified atom stereocenters. The molecule has 0 bridgehead atoms. The molecule has 0 heterocycles. The van der Waals surface area contributed by atoms with Gasteiger partial charge in [-0.05, 0) is 24.2 Å². The van der Waals surface area contributed by atoms with Crippen molar-refractivity contribution in [2.45, 2.75) is 17.9 Å². The number of rotatable bonds is 6. The van der Waals surface area contributed by atoms with Gasteiger partial charge >= 0.3 is 0 Å². The number of hydrogen-bond acceptors (Lipinski definition) is 2. The average Bonchev–Trinajstić information content (AvgIpc) is 2.47. The topological polar surface area (TPSA) is 29.1 Å². The molecule has 21 heavy (non-hydrogen) atoms. The second-order valence-corrected chi connectivity index (χ2v) is 6.83. The summed E-state index contributed by atoms with van der Waals surface area (Å²) >= 11 is 12.3. The Morgan fingerprint density at radius 2 is 1.67 bits per heavy atom. The Morgan fingerprint density at radius 1 is 1.05 bits per heavy atom. The summed E-state index contributed by atoms with van der Waals surface area (Å²) in [5.41, 5.74) is 1.11. The van der Waals surface area contributed by atoms with Crippen molar-refractivity contribution in [3.63, 3.8) is 0 Å². The third-order valence-corrected chi connectivity index (χ3v) is 5.50. The largest absolute Gasteiger partial charge is 0.309 e. The number of benzene rings is 2. The van der Waals surface area contributed by atoms with Crippen LogP contribution in [0.1, 0.15) is 18.5 Å². The van der Waals surface area contributed by atoms with Crippen LogP contribution in [0.25, 0.3) is 0 Å². The third-order valence-electron chi connectivity index (χ3n) is 3.12. The van der Waals surface area contributed by atoms with Crippen LogP contribution in [0.3, 0.4) is 0 Å². The maximum absolute atomic E-state index is 12.6.